The van der Waals surface area contributed by atoms with Gasteiger partial charge in [0.2, 0.25) is 5.91 Å². The summed E-state index contributed by atoms with van der Waals surface area (Å²) in [5.74, 6) is 0.823. The number of carbonyl (C=O) groups is 2. The Morgan fingerprint density at radius 1 is 0.943 bits per heavy atom. The van der Waals surface area contributed by atoms with E-state index in [0.29, 0.717) is 41.0 Å². The molecule has 3 aromatic carbocycles. The average Bonchev–Trinajstić information content (AvgIpc) is 3.11. The van der Waals surface area contributed by atoms with Gasteiger partial charge in [0.1, 0.15) is 6.04 Å². The van der Waals surface area contributed by atoms with Gasteiger partial charge in [-0.3, -0.25) is 14.5 Å². The Labute approximate surface area is 210 Å². The van der Waals surface area contributed by atoms with Crippen LogP contribution in [0.5, 0.6) is 11.5 Å². The Morgan fingerprint density at radius 3 is 2.26 bits per heavy atom. The molecule has 0 saturated carbocycles. The van der Waals surface area contributed by atoms with E-state index < -0.39 is 6.04 Å². The first-order chi connectivity index (χ1) is 17.0. The molecule has 1 fully saturated rings. The van der Waals surface area contributed by atoms with Crippen molar-refractivity contribution in [1.29, 1.82) is 0 Å². The van der Waals surface area contributed by atoms with Crippen molar-refractivity contribution < 1.29 is 19.1 Å². The van der Waals surface area contributed by atoms with Crippen LogP contribution in [-0.4, -0.2) is 48.6 Å². The Kier molecular flexibility index (Phi) is 7.62. The number of hydrogen-bond acceptors (Lipinski definition) is 5. The van der Waals surface area contributed by atoms with Gasteiger partial charge in [-0.1, -0.05) is 42.5 Å². The van der Waals surface area contributed by atoms with Crippen LogP contribution in [0.4, 0.5) is 11.4 Å². The molecule has 0 aromatic heterocycles. The highest BCUT2D eigenvalue weighted by molar-refractivity contribution is 7.80. The molecule has 0 radical (unpaired) electrons. The maximum Gasteiger partial charge on any atom is 0.256 e. The number of ether oxygens (including phenoxy) is 2. The molecular formula is C27H27N3O4S. The van der Waals surface area contributed by atoms with Crippen molar-refractivity contribution in [3.63, 3.8) is 0 Å². The zero-order valence-corrected chi connectivity index (χ0v) is 20.5. The number of carbonyl (C=O) groups excluding carboxylic acids is 2. The first kappa shape index (κ1) is 24.2. The van der Waals surface area contributed by atoms with Gasteiger partial charge in [-0.15, -0.1) is 0 Å². The molecule has 1 unspecified atom stereocenters. The minimum atomic E-state index is -0.702. The molecule has 1 aliphatic rings. The Balaban J connectivity index is 1.55. The third-order valence-electron chi connectivity index (χ3n) is 5.86. The number of para-hydroxylation sites is 2. The van der Waals surface area contributed by atoms with Crippen molar-refractivity contribution >= 4 is 40.5 Å². The number of rotatable bonds is 9. The Bertz CT molecular complexity index is 1200. The molecule has 0 aliphatic carbocycles. The van der Waals surface area contributed by atoms with Gasteiger partial charge in [0.25, 0.3) is 5.91 Å². The van der Waals surface area contributed by atoms with Gasteiger partial charge >= 0.3 is 0 Å². The molecular weight excluding hydrogens is 462 g/mol. The van der Waals surface area contributed by atoms with Crippen molar-refractivity contribution in [2.24, 2.45) is 0 Å². The quantitative estimate of drug-likeness (QED) is 0.453. The minimum Gasteiger partial charge on any atom is -0.493 e. The van der Waals surface area contributed by atoms with Crippen molar-refractivity contribution in [1.82, 2.24) is 4.90 Å². The zero-order valence-electron chi connectivity index (χ0n) is 19.6. The van der Waals surface area contributed by atoms with E-state index in [4.69, 9.17) is 21.7 Å². The van der Waals surface area contributed by atoms with Crippen LogP contribution < -0.4 is 19.7 Å². The van der Waals surface area contributed by atoms with Crippen LogP contribution in [0.15, 0.2) is 78.9 Å². The fourth-order valence-electron chi connectivity index (χ4n) is 4.10. The van der Waals surface area contributed by atoms with E-state index in [1.54, 1.807) is 14.2 Å². The Hall–Kier alpha value is -3.91. The van der Waals surface area contributed by atoms with E-state index in [2.05, 4.69) is 5.32 Å². The number of hydrogen-bond donors (Lipinski definition) is 1. The van der Waals surface area contributed by atoms with Crippen molar-refractivity contribution in [3.8, 4) is 11.5 Å². The van der Waals surface area contributed by atoms with E-state index >= 15 is 0 Å². The number of anilines is 2. The molecule has 8 heteroatoms. The molecule has 4 rings (SSSR count). The zero-order chi connectivity index (χ0) is 24.8. The molecule has 1 N–H and O–H groups in total. The molecule has 1 atom stereocenters. The lowest BCUT2D eigenvalue weighted by Gasteiger charge is -2.24. The number of nitrogens with one attached hydrogen (secondary N) is 1. The predicted molar refractivity (Wildman–Crippen MR) is 140 cm³/mol. The third-order valence-corrected chi connectivity index (χ3v) is 6.28. The standard InChI is InChI=1S/C27H27N3O4S/c1-33-23-14-13-19(17-24(23)34-2)15-16-29-22(18-25(31)28-20-9-5-3-6-10-20)26(32)30(27(29)35)21-11-7-4-8-12-21/h3-14,17,22H,15-16,18H2,1-2H3,(H,28,31). The lowest BCUT2D eigenvalue weighted by molar-refractivity contribution is -0.124. The highest BCUT2D eigenvalue weighted by atomic mass is 32.1. The SMILES string of the molecule is COc1ccc(CCN2C(=S)N(c3ccccc3)C(=O)C2CC(=O)Nc2ccccc2)cc1OC. The predicted octanol–water partition coefficient (Wildman–Crippen LogP) is 4.28. The maximum absolute atomic E-state index is 13.5. The summed E-state index contributed by atoms with van der Waals surface area (Å²) in [4.78, 5) is 29.7. The van der Waals surface area contributed by atoms with Crippen molar-refractivity contribution in [3.05, 3.63) is 84.4 Å². The Morgan fingerprint density at radius 2 is 1.60 bits per heavy atom. The summed E-state index contributed by atoms with van der Waals surface area (Å²) in [5.41, 5.74) is 2.37. The number of amides is 2. The van der Waals surface area contributed by atoms with Crippen LogP contribution in [0.25, 0.3) is 0 Å². The van der Waals surface area contributed by atoms with E-state index in [1.165, 1.54) is 4.90 Å². The van der Waals surface area contributed by atoms with Gasteiger partial charge in [-0.2, -0.15) is 0 Å². The van der Waals surface area contributed by atoms with E-state index in [9.17, 15) is 9.59 Å². The topological polar surface area (TPSA) is 71.1 Å². The summed E-state index contributed by atoms with van der Waals surface area (Å²) < 4.78 is 10.7. The average molecular weight is 490 g/mol. The second kappa shape index (κ2) is 11.0. The lowest BCUT2D eigenvalue weighted by Crippen LogP contribution is -2.39. The first-order valence-electron chi connectivity index (χ1n) is 11.3. The van der Waals surface area contributed by atoms with Crippen LogP contribution in [0, 0.1) is 0 Å². The maximum atomic E-state index is 13.5. The van der Waals surface area contributed by atoms with Crippen LogP contribution >= 0.6 is 12.2 Å². The van der Waals surface area contributed by atoms with E-state index in [0.717, 1.165) is 5.56 Å². The van der Waals surface area contributed by atoms with Gasteiger partial charge in [0.05, 0.1) is 26.3 Å². The van der Waals surface area contributed by atoms with Crippen LogP contribution in [0.1, 0.15) is 12.0 Å². The normalized spacial score (nSPS) is 15.3. The van der Waals surface area contributed by atoms with Crippen LogP contribution in [0.3, 0.4) is 0 Å². The molecule has 7 nitrogen and oxygen atoms in total. The monoisotopic (exact) mass is 489 g/mol. The molecule has 3 aromatic rings. The molecule has 2 amide bonds. The fourth-order valence-corrected chi connectivity index (χ4v) is 4.51. The van der Waals surface area contributed by atoms with Gasteiger partial charge in [-0.25, -0.2) is 0 Å². The molecule has 1 aliphatic heterocycles. The molecule has 1 saturated heterocycles. The number of benzene rings is 3. The highest BCUT2D eigenvalue weighted by Crippen LogP contribution is 2.30. The molecule has 0 bridgehead atoms. The molecule has 0 spiro atoms. The third kappa shape index (κ3) is 5.44. The van der Waals surface area contributed by atoms with E-state index in [-0.39, 0.29) is 18.2 Å². The summed E-state index contributed by atoms with van der Waals surface area (Å²) in [5, 5.41) is 3.26. The van der Waals surface area contributed by atoms with Crippen LogP contribution in [-0.2, 0) is 16.0 Å². The fraction of sp³-hybridized carbons (Fsp3) is 0.222. The summed E-state index contributed by atoms with van der Waals surface area (Å²) >= 11 is 5.74. The summed E-state index contributed by atoms with van der Waals surface area (Å²) in [6, 6.07) is 23.5. The van der Waals surface area contributed by atoms with Crippen LogP contribution in [0.2, 0.25) is 0 Å². The number of nitrogens with zero attached hydrogens (tertiary/aromatic N) is 2. The van der Waals surface area contributed by atoms with Gasteiger partial charge < -0.3 is 19.7 Å². The highest BCUT2D eigenvalue weighted by Gasteiger charge is 2.43. The van der Waals surface area contributed by atoms with Crippen molar-refractivity contribution in [2.75, 3.05) is 31.0 Å². The second-order valence-corrected chi connectivity index (χ2v) is 8.42. The first-order valence-corrected chi connectivity index (χ1v) is 11.7. The summed E-state index contributed by atoms with van der Waals surface area (Å²) in [6.45, 7) is 0.465. The minimum absolute atomic E-state index is 0.0108. The molecule has 35 heavy (non-hydrogen) atoms. The number of methoxy groups -OCH3 is 2. The van der Waals surface area contributed by atoms with Gasteiger partial charge in [0.15, 0.2) is 16.6 Å². The largest absolute Gasteiger partial charge is 0.493 e. The van der Waals surface area contributed by atoms with Gasteiger partial charge in [-0.05, 0) is 60.6 Å². The van der Waals surface area contributed by atoms with E-state index in [1.807, 2.05) is 83.8 Å². The summed E-state index contributed by atoms with van der Waals surface area (Å²) in [6.07, 6.45) is 0.594. The van der Waals surface area contributed by atoms with Crippen molar-refractivity contribution in [2.45, 2.75) is 18.9 Å². The lowest BCUT2D eigenvalue weighted by atomic mass is 10.1. The molecule has 180 valence electrons. The van der Waals surface area contributed by atoms with Gasteiger partial charge in [0, 0.05) is 12.2 Å². The smallest absolute Gasteiger partial charge is 0.256 e. The number of thiocarbonyl (C=S) groups is 1. The molecule has 1 heterocycles. The second-order valence-electron chi connectivity index (χ2n) is 8.06. The summed E-state index contributed by atoms with van der Waals surface area (Å²) in [7, 11) is 3.18.